The molecule has 0 bridgehead atoms. The summed E-state index contributed by atoms with van der Waals surface area (Å²) in [6, 6.07) is 16.6. The van der Waals surface area contributed by atoms with Gasteiger partial charge in [-0.25, -0.2) is 0 Å². The van der Waals surface area contributed by atoms with Crippen LogP contribution in [0.3, 0.4) is 0 Å². The summed E-state index contributed by atoms with van der Waals surface area (Å²) in [7, 11) is 0. The first-order valence-electron chi connectivity index (χ1n) is 6.59. The molecule has 1 unspecified atom stereocenters. The van der Waals surface area contributed by atoms with Crippen LogP contribution in [0.5, 0.6) is 0 Å². The molecule has 106 valence electrons. The highest BCUT2D eigenvalue weighted by atomic mass is 35.5. The van der Waals surface area contributed by atoms with Gasteiger partial charge < -0.3 is 5.32 Å². The highest BCUT2D eigenvalue weighted by Crippen LogP contribution is 2.23. The summed E-state index contributed by atoms with van der Waals surface area (Å²) in [5.74, 6) is -0.0359. The fourth-order valence-electron chi connectivity index (χ4n) is 2.35. The summed E-state index contributed by atoms with van der Waals surface area (Å²) < 4.78 is 0. The molecular weight excluding hydrogens is 304 g/mol. The van der Waals surface area contributed by atoms with Crippen molar-refractivity contribution >= 4 is 40.5 Å². The Morgan fingerprint density at radius 1 is 1.10 bits per heavy atom. The highest BCUT2D eigenvalue weighted by molar-refractivity contribution is 7.80. The zero-order valence-electron chi connectivity index (χ0n) is 11.1. The van der Waals surface area contributed by atoms with Crippen LogP contribution in [-0.2, 0) is 11.2 Å². The molecule has 1 atom stereocenters. The molecule has 2 aromatic carbocycles. The molecule has 0 aliphatic carbocycles. The summed E-state index contributed by atoms with van der Waals surface area (Å²) in [5, 5.41) is 4.15. The molecule has 1 amide bonds. The number of rotatable bonds is 3. The number of benzene rings is 2. The van der Waals surface area contributed by atoms with Gasteiger partial charge in [0.15, 0.2) is 5.11 Å². The van der Waals surface area contributed by atoms with Crippen LogP contribution >= 0.6 is 23.8 Å². The van der Waals surface area contributed by atoms with Gasteiger partial charge >= 0.3 is 0 Å². The first-order valence-corrected chi connectivity index (χ1v) is 7.38. The molecule has 0 spiro atoms. The van der Waals surface area contributed by atoms with Crippen molar-refractivity contribution in [2.24, 2.45) is 0 Å². The lowest BCUT2D eigenvalue weighted by Gasteiger charge is -2.14. The lowest BCUT2D eigenvalue weighted by atomic mass is 10.1. The average Bonchev–Trinajstić information content (AvgIpc) is 2.76. The lowest BCUT2D eigenvalue weighted by molar-refractivity contribution is -0.118. The van der Waals surface area contributed by atoms with Crippen molar-refractivity contribution in [2.75, 3.05) is 4.90 Å². The second-order valence-electron chi connectivity index (χ2n) is 4.84. The maximum atomic E-state index is 12.5. The molecule has 3 rings (SSSR count). The molecule has 1 aliphatic rings. The first kappa shape index (κ1) is 14.0. The molecule has 21 heavy (non-hydrogen) atoms. The topological polar surface area (TPSA) is 32.3 Å². The Kier molecular flexibility index (Phi) is 3.90. The van der Waals surface area contributed by atoms with E-state index in [1.165, 1.54) is 4.90 Å². The van der Waals surface area contributed by atoms with Gasteiger partial charge in [-0.05, 0) is 42.0 Å². The molecule has 2 aromatic rings. The SMILES string of the molecule is O=C1C(Cc2ccccc2)NC(=S)N1c1ccc(Cl)cc1. The van der Waals surface area contributed by atoms with Crippen molar-refractivity contribution in [3.63, 3.8) is 0 Å². The van der Waals surface area contributed by atoms with Crippen molar-refractivity contribution < 1.29 is 4.79 Å². The van der Waals surface area contributed by atoms with Crippen molar-refractivity contribution in [3.8, 4) is 0 Å². The van der Waals surface area contributed by atoms with Gasteiger partial charge in [-0.15, -0.1) is 0 Å². The van der Waals surface area contributed by atoms with Gasteiger partial charge in [0, 0.05) is 11.4 Å². The number of thiocarbonyl (C=S) groups is 1. The number of carbonyl (C=O) groups is 1. The molecular formula is C16H13ClN2OS. The van der Waals surface area contributed by atoms with E-state index in [9.17, 15) is 4.79 Å². The molecule has 1 heterocycles. The van der Waals surface area contributed by atoms with Gasteiger partial charge in [-0.2, -0.15) is 0 Å². The number of carbonyl (C=O) groups excluding carboxylic acids is 1. The molecule has 3 nitrogen and oxygen atoms in total. The first-order chi connectivity index (χ1) is 10.1. The Balaban J connectivity index is 1.80. The van der Waals surface area contributed by atoms with Gasteiger partial charge in [-0.3, -0.25) is 9.69 Å². The quantitative estimate of drug-likeness (QED) is 0.883. The van der Waals surface area contributed by atoms with Gasteiger partial charge in [-0.1, -0.05) is 41.9 Å². The molecule has 0 saturated carbocycles. The Hall–Kier alpha value is -1.91. The smallest absolute Gasteiger partial charge is 0.256 e. The Bertz CT molecular complexity index is 672. The number of halogens is 1. The summed E-state index contributed by atoms with van der Waals surface area (Å²) in [5.41, 5.74) is 1.83. The molecule has 0 aromatic heterocycles. The third kappa shape index (κ3) is 2.91. The number of amides is 1. The van der Waals surface area contributed by atoms with Crippen LogP contribution in [0.25, 0.3) is 0 Å². The molecule has 1 N–H and O–H groups in total. The molecule has 0 radical (unpaired) electrons. The van der Waals surface area contributed by atoms with E-state index < -0.39 is 0 Å². The zero-order valence-corrected chi connectivity index (χ0v) is 12.7. The molecule has 5 heteroatoms. The Labute approximate surface area is 133 Å². The molecule has 1 aliphatic heterocycles. The maximum Gasteiger partial charge on any atom is 0.256 e. The average molecular weight is 317 g/mol. The monoisotopic (exact) mass is 316 g/mol. The Morgan fingerprint density at radius 3 is 2.43 bits per heavy atom. The second-order valence-corrected chi connectivity index (χ2v) is 5.66. The minimum Gasteiger partial charge on any atom is -0.350 e. The van der Waals surface area contributed by atoms with E-state index in [1.54, 1.807) is 24.3 Å². The summed E-state index contributed by atoms with van der Waals surface area (Å²) in [6.07, 6.45) is 0.615. The van der Waals surface area contributed by atoms with Gasteiger partial charge in [0.25, 0.3) is 5.91 Å². The summed E-state index contributed by atoms with van der Waals surface area (Å²) in [4.78, 5) is 14.1. The van der Waals surface area contributed by atoms with E-state index in [-0.39, 0.29) is 11.9 Å². The van der Waals surface area contributed by atoms with Crippen LogP contribution in [0.15, 0.2) is 54.6 Å². The Morgan fingerprint density at radius 2 is 1.76 bits per heavy atom. The largest absolute Gasteiger partial charge is 0.350 e. The van der Waals surface area contributed by atoms with E-state index in [0.29, 0.717) is 16.6 Å². The van der Waals surface area contributed by atoms with Gasteiger partial charge in [0.2, 0.25) is 0 Å². The van der Waals surface area contributed by atoms with Crippen LogP contribution in [-0.4, -0.2) is 17.1 Å². The lowest BCUT2D eigenvalue weighted by Crippen LogP contribution is -2.32. The highest BCUT2D eigenvalue weighted by Gasteiger charge is 2.36. The number of hydrogen-bond donors (Lipinski definition) is 1. The number of nitrogens with one attached hydrogen (secondary N) is 1. The van der Waals surface area contributed by atoms with Crippen molar-refractivity contribution in [3.05, 3.63) is 65.2 Å². The van der Waals surface area contributed by atoms with Crippen molar-refractivity contribution in [2.45, 2.75) is 12.5 Å². The fourth-order valence-corrected chi connectivity index (χ4v) is 2.82. The van der Waals surface area contributed by atoms with Gasteiger partial charge in [0.1, 0.15) is 6.04 Å². The number of hydrogen-bond acceptors (Lipinski definition) is 2. The third-order valence-electron chi connectivity index (χ3n) is 3.39. The van der Waals surface area contributed by atoms with E-state index in [1.807, 2.05) is 30.3 Å². The van der Waals surface area contributed by atoms with Crippen LogP contribution < -0.4 is 10.2 Å². The van der Waals surface area contributed by atoms with E-state index in [0.717, 1.165) is 11.3 Å². The van der Waals surface area contributed by atoms with Crippen LogP contribution in [0.2, 0.25) is 5.02 Å². The van der Waals surface area contributed by atoms with Crippen LogP contribution in [0, 0.1) is 0 Å². The number of anilines is 1. The van der Waals surface area contributed by atoms with E-state index in [2.05, 4.69) is 5.32 Å². The van der Waals surface area contributed by atoms with Crippen LogP contribution in [0.1, 0.15) is 5.56 Å². The summed E-state index contributed by atoms with van der Waals surface area (Å²) >= 11 is 11.2. The van der Waals surface area contributed by atoms with Crippen LogP contribution in [0.4, 0.5) is 5.69 Å². The van der Waals surface area contributed by atoms with Crippen molar-refractivity contribution in [1.82, 2.24) is 5.32 Å². The normalized spacial score (nSPS) is 18.0. The molecule has 1 saturated heterocycles. The van der Waals surface area contributed by atoms with Gasteiger partial charge in [0.05, 0.1) is 5.69 Å². The minimum absolute atomic E-state index is 0.0359. The van der Waals surface area contributed by atoms with Crippen molar-refractivity contribution in [1.29, 1.82) is 0 Å². The minimum atomic E-state index is -0.324. The van der Waals surface area contributed by atoms with E-state index >= 15 is 0 Å². The standard InChI is InChI=1S/C16H13ClN2OS/c17-12-6-8-13(9-7-12)19-15(20)14(18-16(19)21)10-11-4-2-1-3-5-11/h1-9,14H,10H2,(H,18,21). The predicted octanol–water partition coefficient (Wildman–Crippen LogP) is 3.17. The van der Waals surface area contributed by atoms with E-state index in [4.69, 9.17) is 23.8 Å². The molecule has 1 fully saturated rings. The number of nitrogens with zero attached hydrogens (tertiary/aromatic N) is 1. The second kappa shape index (κ2) is 5.84. The predicted molar refractivity (Wildman–Crippen MR) is 88.6 cm³/mol. The zero-order chi connectivity index (χ0) is 14.8. The fraction of sp³-hybridized carbons (Fsp3) is 0.125. The summed E-state index contributed by atoms with van der Waals surface area (Å²) in [6.45, 7) is 0. The maximum absolute atomic E-state index is 12.5. The third-order valence-corrected chi connectivity index (χ3v) is 3.94.